The molecule has 2 N–H and O–H groups in total. The van der Waals surface area contributed by atoms with Crippen LogP contribution in [0.1, 0.15) is 47.3 Å². The van der Waals surface area contributed by atoms with Crippen molar-refractivity contribution in [3.8, 4) is 0 Å². The van der Waals surface area contributed by atoms with Crippen molar-refractivity contribution in [3.63, 3.8) is 0 Å². The largest absolute Gasteiger partial charge is 0.416 e. The lowest BCUT2D eigenvalue weighted by molar-refractivity contribution is -0.137. The van der Waals surface area contributed by atoms with E-state index in [2.05, 4.69) is 18.7 Å². The number of rotatable bonds is 5. The van der Waals surface area contributed by atoms with E-state index < -0.39 is 17.6 Å². The normalized spacial score (nSPS) is 23.1. The highest BCUT2D eigenvalue weighted by Crippen LogP contribution is 2.39. The van der Waals surface area contributed by atoms with Crippen LogP contribution in [0.4, 0.5) is 13.2 Å². The van der Waals surface area contributed by atoms with Gasteiger partial charge in [0.15, 0.2) is 0 Å². The number of amides is 1. The molecule has 3 nitrogen and oxygen atoms in total. The first-order valence-corrected chi connectivity index (χ1v) is 9.88. The summed E-state index contributed by atoms with van der Waals surface area (Å²) in [4.78, 5) is 13.8. The summed E-state index contributed by atoms with van der Waals surface area (Å²) in [6, 6.07) is 13.1. The Morgan fingerprint density at radius 2 is 1.93 bits per heavy atom. The molecule has 2 aromatic rings. The Morgan fingerprint density at radius 1 is 1.21 bits per heavy atom. The van der Waals surface area contributed by atoms with Crippen LogP contribution in [0.5, 0.6) is 0 Å². The number of hydrogen-bond acceptors (Lipinski definition) is 2. The molecule has 0 aliphatic carbocycles. The minimum Gasteiger partial charge on any atom is -0.366 e. The SMILES string of the molecule is C[C@H]1CN(CCc2cccc(C(F)(F)F)c2)CC[C@]1(C)c1cccc(C(N)=O)c1. The third-order valence-electron chi connectivity index (χ3n) is 6.34. The Bertz CT molecular complexity index is 880. The second-order valence-corrected chi connectivity index (χ2v) is 8.26. The maximum Gasteiger partial charge on any atom is 0.416 e. The molecule has 6 heteroatoms. The molecule has 1 aliphatic rings. The number of primary amides is 1. The first kappa shape index (κ1) is 21.4. The summed E-state index contributed by atoms with van der Waals surface area (Å²) < 4.78 is 38.7. The van der Waals surface area contributed by atoms with Gasteiger partial charge in [-0.05, 0) is 60.0 Å². The minimum absolute atomic E-state index is 0.0713. The zero-order valence-electron chi connectivity index (χ0n) is 16.8. The number of halogens is 3. The Kier molecular flexibility index (Phi) is 6.03. The van der Waals surface area contributed by atoms with Gasteiger partial charge in [-0.15, -0.1) is 0 Å². The number of nitrogens with zero attached hydrogens (tertiary/aromatic N) is 1. The van der Waals surface area contributed by atoms with E-state index in [1.54, 1.807) is 12.1 Å². The van der Waals surface area contributed by atoms with Crippen LogP contribution in [-0.4, -0.2) is 30.4 Å². The van der Waals surface area contributed by atoms with Crippen LogP contribution in [-0.2, 0) is 18.0 Å². The molecule has 1 amide bonds. The summed E-state index contributed by atoms with van der Waals surface area (Å²) in [6.07, 6.45) is -2.81. The Hall–Kier alpha value is -2.34. The summed E-state index contributed by atoms with van der Waals surface area (Å²) in [5, 5.41) is 0. The van der Waals surface area contributed by atoms with Gasteiger partial charge >= 0.3 is 6.18 Å². The number of carbonyl (C=O) groups is 1. The molecule has 29 heavy (non-hydrogen) atoms. The Morgan fingerprint density at radius 3 is 2.59 bits per heavy atom. The molecule has 1 fully saturated rings. The van der Waals surface area contributed by atoms with Crippen molar-refractivity contribution >= 4 is 5.91 Å². The van der Waals surface area contributed by atoms with Crippen LogP contribution in [0, 0.1) is 5.92 Å². The fourth-order valence-corrected chi connectivity index (χ4v) is 4.17. The number of hydrogen-bond donors (Lipinski definition) is 1. The Labute approximate surface area is 169 Å². The standard InChI is InChI=1S/C23H27F3N2O/c1-16-15-28(11-9-17-5-3-8-20(13-17)23(24,25)26)12-10-22(16,2)19-7-4-6-18(14-19)21(27)29/h3-8,13-14,16H,9-12,15H2,1-2H3,(H2,27,29)/t16-,22-/m0/s1. The average Bonchev–Trinajstić information content (AvgIpc) is 2.68. The second-order valence-electron chi connectivity index (χ2n) is 8.26. The lowest BCUT2D eigenvalue weighted by atomic mass is 9.68. The van der Waals surface area contributed by atoms with E-state index >= 15 is 0 Å². The summed E-state index contributed by atoms with van der Waals surface area (Å²) in [6.45, 7) is 6.84. The third-order valence-corrected chi connectivity index (χ3v) is 6.34. The minimum atomic E-state index is -4.31. The molecule has 0 saturated carbocycles. The highest BCUT2D eigenvalue weighted by Gasteiger charge is 2.38. The molecule has 1 heterocycles. The highest BCUT2D eigenvalue weighted by molar-refractivity contribution is 5.92. The molecule has 0 aromatic heterocycles. The van der Waals surface area contributed by atoms with Gasteiger partial charge in [-0.25, -0.2) is 0 Å². The summed E-state index contributed by atoms with van der Waals surface area (Å²) in [7, 11) is 0. The van der Waals surface area contributed by atoms with E-state index in [1.807, 2.05) is 18.2 Å². The van der Waals surface area contributed by atoms with Crippen molar-refractivity contribution in [2.75, 3.05) is 19.6 Å². The molecule has 2 aromatic carbocycles. The van der Waals surface area contributed by atoms with Crippen molar-refractivity contribution in [2.45, 2.75) is 38.3 Å². The van der Waals surface area contributed by atoms with Gasteiger partial charge < -0.3 is 10.6 Å². The van der Waals surface area contributed by atoms with Gasteiger partial charge in [-0.2, -0.15) is 13.2 Å². The van der Waals surface area contributed by atoms with Gasteiger partial charge in [0, 0.05) is 18.7 Å². The van der Waals surface area contributed by atoms with Crippen LogP contribution in [0.3, 0.4) is 0 Å². The molecule has 2 atom stereocenters. The fourth-order valence-electron chi connectivity index (χ4n) is 4.17. The van der Waals surface area contributed by atoms with E-state index in [4.69, 9.17) is 5.73 Å². The molecule has 0 spiro atoms. The van der Waals surface area contributed by atoms with Crippen molar-refractivity contribution in [1.29, 1.82) is 0 Å². The quantitative estimate of drug-likeness (QED) is 0.789. The number of nitrogens with two attached hydrogens (primary N) is 1. The highest BCUT2D eigenvalue weighted by atomic mass is 19.4. The van der Waals surface area contributed by atoms with Crippen LogP contribution < -0.4 is 5.73 Å². The van der Waals surface area contributed by atoms with E-state index in [1.165, 1.54) is 12.1 Å². The molecule has 0 radical (unpaired) electrons. The van der Waals surface area contributed by atoms with Gasteiger partial charge in [0.1, 0.15) is 0 Å². The average molecular weight is 404 g/mol. The topological polar surface area (TPSA) is 46.3 Å². The van der Waals surface area contributed by atoms with Crippen LogP contribution in [0.25, 0.3) is 0 Å². The van der Waals surface area contributed by atoms with E-state index in [9.17, 15) is 18.0 Å². The van der Waals surface area contributed by atoms with Crippen LogP contribution in [0.15, 0.2) is 48.5 Å². The van der Waals surface area contributed by atoms with Crippen molar-refractivity contribution in [2.24, 2.45) is 11.7 Å². The Balaban J connectivity index is 1.64. The smallest absolute Gasteiger partial charge is 0.366 e. The molecule has 156 valence electrons. The molecule has 0 bridgehead atoms. The van der Waals surface area contributed by atoms with E-state index in [0.717, 1.165) is 37.7 Å². The molecule has 3 rings (SSSR count). The molecule has 0 unspecified atom stereocenters. The maximum atomic E-state index is 12.9. The van der Waals surface area contributed by atoms with E-state index in [0.29, 0.717) is 23.5 Å². The first-order chi connectivity index (χ1) is 13.6. The summed E-state index contributed by atoms with van der Waals surface area (Å²) in [5.74, 6) is -0.0949. The van der Waals surface area contributed by atoms with Crippen LogP contribution >= 0.6 is 0 Å². The lowest BCUT2D eigenvalue weighted by Gasteiger charge is -2.45. The first-order valence-electron chi connectivity index (χ1n) is 9.88. The molecular weight excluding hydrogens is 377 g/mol. The monoisotopic (exact) mass is 404 g/mol. The van der Waals surface area contributed by atoms with Gasteiger partial charge in [-0.3, -0.25) is 4.79 Å². The van der Waals surface area contributed by atoms with Gasteiger partial charge in [0.2, 0.25) is 5.91 Å². The molecule has 1 saturated heterocycles. The van der Waals surface area contributed by atoms with Crippen LogP contribution in [0.2, 0.25) is 0 Å². The van der Waals surface area contributed by atoms with Crippen molar-refractivity contribution in [1.82, 2.24) is 4.90 Å². The van der Waals surface area contributed by atoms with Gasteiger partial charge in [0.25, 0.3) is 0 Å². The number of carbonyl (C=O) groups excluding carboxylic acids is 1. The van der Waals surface area contributed by atoms with Gasteiger partial charge in [0.05, 0.1) is 5.56 Å². The predicted molar refractivity (Wildman–Crippen MR) is 108 cm³/mol. The van der Waals surface area contributed by atoms with Gasteiger partial charge in [-0.1, -0.05) is 44.2 Å². The van der Waals surface area contributed by atoms with Crippen molar-refractivity contribution in [3.05, 3.63) is 70.8 Å². The lowest BCUT2D eigenvalue weighted by Crippen LogP contribution is -2.47. The number of benzene rings is 2. The summed E-state index contributed by atoms with van der Waals surface area (Å²) >= 11 is 0. The summed E-state index contributed by atoms with van der Waals surface area (Å²) in [5.41, 5.74) is 7.09. The second kappa shape index (κ2) is 8.19. The van der Waals surface area contributed by atoms with Crippen molar-refractivity contribution < 1.29 is 18.0 Å². The molecule has 1 aliphatic heterocycles. The zero-order valence-corrected chi connectivity index (χ0v) is 16.8. The zero-order chi connectivity index (χ0) is 21.2. The predicted octanol–water partition coefficient (Wildman–Crippen LogP) is 4.65. The number of alkyl halides is 3. The number of likely N-dealkylation sites (tertiary alicyclic amines) is 1. The number of piperidine rings is 1. The maximum absolute atomic E-state index is 12.9. The molecular formula is C23H27F3N2O. The third kappa shape index (κ3) is 4.81. The fraction of sp³-hybridized carbons (Fsp3) is 0.435. The van der Waals surface area contributed by atoms with E-state index in [-0.39, 0.29) is 5.41 Å².